The lowest BCUT2D eigenvalue weighted by atomic mass is 9.60. The smallest absolute Gasteiger partial charge is 0.324 e. The molecule has 0 heterocycles. The van der Waals surface area contributed by atoms with Crippen molar-refractivity contribution < 1.29 is 4.65 Å². The molecule has 2 heteroatoms. The van der Waals surface area contributed by atoms with Gasteiger partial charge >= 0.3 is 6.92 Å². The van der Waals surface area contributed by atoms with E-state index in [0.717, 1.165) is 0 Å². The molecule has 0 amide bonds. The fourth-order valence-electron chi connectivity index (χ4n) is 2.51. The van der Waals surface area contributed by atoms with E-state index in [-0.39, 0.29) is 17.9 Å². The SMILES string of the molecule is CB(OC(C)(C)C(C)(C)C)c1cc(C)cc2ccccc12. The van der Waals surface area contributed by atoms with Crippen molar-refractivity contribution in [3.8, 4) is 0 Å². The van der Waals surface area contributed by atoms with Gasteiger partial charge in [0.05, 0.1) is 5.60 Å². The molecule has 0 aliphatic carbocycles. The van der Waals surface area contributed by atoms with E-state index in [1.54, 1.807) is 0 Å². The van der Waals surface area contributed by atoms with E-state index < -0.39 is 0 Å². The second-order valence-corrected chi connectivity index (χ2v) is 7.60. The van der Waals surface area contributed by atoms with Crippen molar-refractivity contribution in [1.29, 1.82) is 0 Å². The third kappa shape index (κ3) is 3.32. The first-order valence-electron chi connectivity index (χ1n) is 7.79. The topological polar surface area (TPSA) is 9.23 Å². The van der Waals surface area contributed by atoms with E-state index in [9.17, 15) is 0 Å². The van der Waals surface area contributed by atoms with Crippen LogP contribution in [0.25, 0.3) is 10.8 Å². The van der Waals surface area contributed by atoms with Crippen molar-refractivity contribution in [2.45, 2.75) is 54.0 Å². The summed E-state index contributed by atoms with van der Waals surface area (Å²) < 4.78 is 6.45. The van der Waals surface area contributed by atoms with E-state index in [1.807, 2.05) is 0 Å². The molecule has 0 aliphatic rings. The zero-order valence-corrected chi connectivity index (χ0v) is 14.4. The number of aryl methyl sites for hydroxylation is 1. The van der Waals surface area contributed by atoms with Crippen LogP contribution in [0.2, 0.25) is 6.82 Å². The molecule has 0 atom stereocenters. The lowest BCUT2D eigenvalue weighted by Gasteiger charge is -2.41. The van der Waals surface area contributed by atoms with E-state index in [0.29, 0.717) is 0 Å². The Morgan fingerprint density at radius 3 is 2.19 bits per heavy atom. The van der Waals surface area contributed by atoms with Gasteiger partial charge in [0, 0.05) is 0 Å². The Balaban J connectivity index is 2.42. The molecule has 0 bridgehead atoms. The van der Waals surface area contributed by atoms with Crippen LogP contribution in [-0.2, 0) is 4.65 Å². The minimum absolute atomic E-state index is 0.0732. The van der Waals surface area contributed by atoms with E-state index in [1.165, 1.54) is 21.8 Å². The zero-order valence-electron chi connectivity index (χ0n) is 14.4. The lowest BCUT2D eigenvalue weighted by molar-refractivity contribution is 0.000495. The third-order valence-electron chi connectivity index (χ3n) is 4.75. The van der Waals surface area contributed by atoms with Crippen LogP contribution in [0.4, 0.5) is 0 Å². The van der Waals surface area contributed by atoms with Crippen LogP contribution >= 0.6 is 0 Å². The fourth-order valence-corrected chi connectivity index (χ4v) is 2.51. The maximum atomic E-state index is 6.45. The first kappa shape index (κ1) is 16.1. The number of hydrogen-bond acceptors (Lipinski definition) is 1. The number of benzene rings is 2. The number of hydrogen-bond donors (Lipinski definition) is 0. The third-order valence-corrected chi connectivity index (χ3v) is 4.75. The van der Waals surface area contributed by atoms with Gasteiger partial charge in [0.1, 0.15) is 0 Å². The van der Waals surface area contributed by atoms with Crippen molar-refractivity contribution in [3.05, 3.63) is 42.0 Å². The monoisotopic (exact) mass is 282 g/mol. The second kappa shape index (κ2) is 5.49. The maximum Gasteiger partial charge on any atom is 0.324 e. The van der Waals surface area contributed by atoms with E-state index in [2.05, 4.69) is 84.8 Å². The minimum atomic E-state index is -0.183. The minimum Gasteiger partial charge on any atom is -0.426 e. The molecule has 112 valence electrons. The van der Waals surface area contributed by atoms with Gasteiger partial charge in [-0.3, -0.25) is 0 Å². The van der Waals surface area contributed by atoms with E-state index in [4.69, 9.17) is 4.65 Å². The average molecular weight is 282 g/mol. The summed E-state index contributed by atoms with van der Waals surface area (Å²) >= 11 is 0. The summed E-state index contributed by atoms with van der Waals surface area (Å²) in [7, 11) is 0. The Morgan fingerprint density at radius 1 is 0.952 bits per heavy atom. The summed E-state index contributed by atoms with van der Waals surface area (Å²) in [5, 5.41) is 2.58. The largest absolute Gasteiger partial charge is 0.426 e. The summed E-state index contributed by atoms with van der Waals surface area (Å²) in [6, 6.07) is 13.0. The van der Waals surface area contributed by atoms with Crippen molar-refractivity contribution in [3.63, 3.8) is 0 Å². The molecule has 0 fully saturated rings. The summed E-state index contributed by atoms with van der Waals surface area (Å²) in [6.45, 7) is 15.4. The van der Waals surface area contributed by atoms with Gasteiger partial charge in [-0.15, -0.1) is 0 Å². The Kier molecular flexibility index (Phi) is 4.21. The predicted octanol–water partition coefficient (Wildman–Crippen LogP) is 4.82. The predicted molar refractivity (Wildman–Crippen MR) is 94.6 cm³/mol. The van der Waals surface area contributed by atoms with Gasteiger partial charge in [-0.1, -0.05) is 69.6 Å². The highest BCUT2D eigenvalue weighted by molar-refractivity contribution is 6.69. The first-order chi connectivity index (χ1) is 9.62. The molecule has 0 aliphatic heterocycles. The highest BCUT2D eigenvalue weighted by Crippen LogP contribution is 2.33. The highest BCUT2D eigenvalue weighted by atomic mass is 16.5. The Hall–Kier alpha value is -1.28. The molecule has 2 aromatic carbocycles. The van der Waals surface area contributed by atoms with Crippen LogP contribution in [0.3, 0.4) is 0 Å². The molecule has 0 N–H and O–H groups in total. The summed E-state index contributed by atoms with van der Waals surface area (Å²) in [5.74, 6) is 0. The molecule has 0 saturated carbocycles. The van der Waals surface area contributed by atoms with E-state index >= 15 is 0 Å². The van der Waals surface area contributed by atoms with Crippen molar-refractivity contribution in [2.75, 3.05) is 0 Å². The van der Waals surface area contributed by atoms with Crippen LogP contribution < -0.4 is 5.46 Å². The van der Waals surface area contributed by atoms with Gasteiger partial charge < -0.3 is 4.65 Å². The summed E-state index contributed by atoms with van der Waals surface area (Å²) in [4.78, 5) is 0. The molecule has 2 rings (SSSR count). The Labute approximate surface area is 129 Å². The normalized spacial score (nSPS) is 12.7. The first-order valence-corrected chi connectivity index (χ1v) is 7.79. The number of rotatable bonds is 3. The number of fused-ring (bicyclic) bond motifs is 1. The van der Waals surface area contributed by atoms with Crippen molar-refractivity contribution >= 4 is 23.2 Å². The van der Waals surface area contributed by atoms with Gasteiger partial charge in [0.2, 0.25) is 0 Å². The molecule has 0 radical (unpaired) electrons. The quantitative estimate of drug-likeness (QED) is 0.733. The molecule has 1 nitrogen and oxygen atoms in total. The van der Waals surface area contributed by atoms with Crippen molar-refractivity contribution in [2.24, 2.45) is 5.41 Å². The molecular weight excluding hydrogens is 255 g/mol. The van der Waals surface area contributed by atoms with Crippen LogP contribution in [0.15, 0.2) is 36.4 Å². The standard InChI is InChI=1S/C19H27BO/c1-14-12-15-10-8-9-11-16(15)17(13-14)20(7)21-19(5,6)18(2,3)4/h8-13H,1-7H3. The second-order valence-electron chi connectivity index (χ2n) is 7.60. The molecular formula is C19H27BO. The molecule has 2 aromatic rings. The zero-order chi connectivity index (χ0) is 15.8. The lowest BCUT2D eigenvalue weighted by Crippen LogP contribution is -2.47. The van der Waals surface area contributed by atoms with Crippen molar-refractivity contribution in [1.82, 2.24) is 0 Å². The van der Waals surface area contributed by atoms with Crippen LogP contribution in [0, 0.1) is 12.3 Å². The van der Waals surface area contributed by atoms with Gasteiger partial charge in [0.15, 0.2) is 0 Å². The fraction of sp³-hybridized carbons (Fsp3) is 0.474. The molecule has 0 unspecified atom stereocenters. The van der Waals surface area contributed by atoms with Gasteiger partial charge in [-0.2, -0.15) is 0 Å². The molecule has 0 spiro atoms. The van der Waals surface area contributed by atoms with Crippen LogP contribution in [0.5, 0.6) is 0 Å². The van der Waals surface area contributed by atoms with Crippen LogP contribution in [0.1, 0.15) is 40.2 Å². The summed E-state index contributed by atoms with van der Waals surface area (Å²) in [6.07, 6.45) is 0. The molecule has 0 saturated heterocycles. The average Bonchev–Trinajstić information content (AvgIpc) is 2.35. The maximum absolute atomic E-state index is 6.45. The molecule has 0 aromatic heterocycles. The van der Waals surface area contributed by atoms with Gasteiger partial charge in [0.25, 0.3) is 0 Å². The summed E-state index contributed by atoms with van der Waals surface area (Å²) in [5.41, 5.74) is 2.48. The Bertz CT molecular complexity index is 638. The van der Waals surface area contributed by atoms with Gasteiger partial charge in [-0.25, -0.2) is 0 Å². The molecule has 21 heavy (non-hydrogen) atoms. The Morgan fingerprint density at radius 2 is 1.57 bits per heavy atom. The van der Waals surface area contributed by atoms with Gasteiger partial charge in [-0.05, 0) is 42.4 Å². The highest BCUT2D eigenvalue weighted by Gasteiger charge is 2.36. The van der Waals surface area contributed by atoms with Crippen LogP contribution in [-0.4, -0.2) is 12.5 Å².